The Morgan fingerprint density at radius 2 is 2.11 bits per heavy atom. The van der Waals surface area contributed by atoms with Gasteiger partial charge in [-0.3, -0.25) is 4.79 Å². The van der Waals surface area contributed by atoms with Crippen LogP contribution in [-0.4, -0.2) is 33.6 Å². The Kier molecular flexibility index (Phi) is 5.27. The number of carboxylic acid groups (broad SMARTS) is 1. The number of nitrogens with zero attached hydrogens (tertiary/aromatic N) is 3. The fraction of sp³-hybridized carbons (Fsp3) is 0.353. The quantitative estimate of drug-likeness (QED) is 0.718. The molecule has 1 aliphatic rings. The number of aromatic nitrogens is 2. The second kappa shape index (κ2) is 7.34. The van der Waals surface area contributed by atoms with Crippen LogP contribution >= 0.6 is 15.9 Å². The van der Waals surface area contributed by atoms with Crippen molar-refractivity contribution in [1.82, 2.24) is 9.97 Å². The van der Waals surface area contributed by atoms with Crippen molar-refractivity contribution in [1.29, 1.82) is 0 Å². The van der Waals surface area contributed by atoms with E-state index in [4.69, 9.17) is 5.11 Å². The molecule has 0 bridgehead atoms. The number of hydrogen-bond donors (Lipinski definition) is 2. The molecule has 1 aromatic heterocycles. The highest BCUT2D eigenvalue weighted by atomic mass is 79.9. The average Bonchev–Trinajstić information content (AvgIpc) is 2.54. The molecule has 2 heterocycles. The monoisotopic (exact) mass is 444 g/mol. The van der Waals surface area contributed by atoms with Crippen molar-refractivity contribution in [3.63, 3.8) is 0 Å². The zero-order valence-electron chi connectivity index (χ0n) is 14.2. The smallest absolute Gasteiger partial charge is 0.433 e. The van der Waals surface area contributed by atoms with Gasteiger partial charge in [-0.1, -0.05) is 22.0 Å². The fourth-order valence-corrected chi connectivity index (χ4v) is 3.18. The number of carboxylic acids is 1. The third-order valence-corrected chi connectivity index (χ3v) is 4.99. The van der Waals surface area contributed by atoms with Crippen molar-refractivity contribution in [3.8, 4) is 0 Å². The van der Waals surface area contributed by atoms with Crippen LogP contribution in [0.4, 0.5) is 30.6 Å². The van der Waals surface area contributed by atoms with E-state index < -0.39 is 17.8 Å². The number of hydrogen-bond acceptors (Lipinski definition) is 5. The number of rotatable bonds is 5. The molecule has 2 aromatic rings. The predicted molar refractivity (Wildman–Crippen MR) is 97.2 cm³/mol. The highest BCUT2D eigenvalue weighted by Gasteiger charge is 2.35. The summed E-state index contributed by atoms with van der Waals surface area (Å²) in [6, 6.07) is 5.72. The first-order valence-electron chi connectivity index (χ1n) is 8.13. The van der Waals surface area contributed by atoms with Crippen molar-refractivity contribution in [2.24, 2.45) is 0 Å². The Labute approximate surface area is 161 Å². The van der Waals surface area contributed by atoms with Gasteiger partial charge in [0.15, 0.2) is 5.69 Å². The van der Waals surface area contributed by atoms with Gasteiger partial charge in [-0.15, -0.1) is 0 Å². The maximum absolute atomic E-state index is 13.2. The molecule has 27 heavy (non-hydrogen) atoms. The Hall–Kier alpha value is -2.36. The lowest BCUT2D eigenvalue weighted by molar-refractivity contribution is -0.141. The summed E-state index contributed by atoms with van der Waals surface area (Å²) < 4.78 is 40.2. The van der Waals surface area contributed by atoms with Crippen LogP contribution < -0.4 is 10.2 Å². The molecule has 6 nitrogen and oxygen atoms in total. The molecule has 2 N–H and O–H groups in total. The van der Waals surface area contributed by atoms with E-state index in [0.717, 1.165) is 12.5 Å². The maximum atomic E-state index is 13.2. The van der Waals surface area contributed by atoms with Crippen molar-refractivity contribution in [2.75, 3.05) is 16.8 Å². The van der Waals surface area contributed by atoms with Gasteiger partial charge in [-0.25, -0.2) is 4.98 Å². The Bertz CT molecular complexity index is 876. The molecule has 144 valence electrons. The summed E-state index contributed by atoms with van der Waals surface area (Å²) in [6.07, 6.45) is -3.88. The lowest BCUT2D eigenvalue weighted by Gasteiger charge is -2.38. The number of alkyl halides is 3. The van der Waals surface area contributed by atoms with Crippen LogP contribution in [0.2, 0.25) is 0 Å². The number of carbonyl (C=O) groups is 1. The molecule has 1 aromatic carbocycles. The highest BCUT2D eigenvalue weighted by molar-refractivity contribution is 9.10. The molecule has 3 rings (SSSR count). The van der Waals surface area contributed by atoms with Crippen molar-refractivity contribution in [2.45, 2.75) is 32.0 Å². The van der Waals surface area contributed by atoms with Crippen LogP contribution in [0.15, 0.2) is 28.7 Å². The summed E-state index contributed by atoms with van der Waals surface area (Å²) >= 11 is 3.28. The normalized spacial score (nSPS) is 16.8. The predicted octanol–water partition coefficient (Wildman–Crippen LogP) is 4.23. The topological polar surface area (TPSA) is 78.4 Å². The number of halogens is 4. The van der Waals surface area contributed by atoms with Crippen LogP contribution in [0.1, 0.15) is 24.6 Å². The summed E-state index contributed by atoms with van der Waals surface area (Å²) in [5.74, 6) is -0.924. The van der Waals surface area contributed by atoms with Gasteiger partial charge in [0.1, 0.15) is 5.82 Å². The van der Waals surface area contributed by atoms with E-state index in [9.17, 15) is 18.0 Å². The Morgan fingerprint density at radius 1 is 1.37 bits per heavy atom. The van der Waals surface area contributed by atoms with Crippen molar-refractivity contribution in [3.05, 3.63) is 40.0 Å². The molecule has 0 amide bonds. The summed E-state index contributed by atoms with van der Waals surface area (Å²) in [5.41, 5.74) is 0.0166. The number of benzene rings is 1. The Balaban J connectivity index is 1.90. The summed E-state index contributed by atoms with van der Waals surface area (Å²) in [5, 5.41) is 11.7. The van der Waals surface area contributed by atoms with Gasteiger partial charge in [0.25, 0.3) is 0 Å². The molecule has 0 saturated carbocycles. The minimum absolute atomic E-state index is 0.0179. The molecule has 1 saturated heterocycles. The first-order valence-corrected chi connectivity index (χ1v) is 8.93. The molecule has 10 heteroatoms. The fourth-order valence-electron chi connectivity index (χ4n) is 2.66. The summed E-state index contributed by atoms with van der Waals surface area (Å²) in [6.45, 7) is 2.51. The lowest BCUT2D eigenvalue weighted by atomic mass is 10.1. The molecule has 0 aliphatic carbocycles. The summed E-state index contributed by atoms with van der Waals surface area (Å²) in [4.78, 5) is 20.4. The first kappa shape index (κ1) is 19.4. The molecule has 1 aliphatic heterocycles. The third-order valence-electron chi connectivity index (χ3n) is 4.25. The lowest BCUT2D eigenvalue weighted by Crippen LogP contribution is -2.46. The molecule has 1 fully saturated rings. The van der Waals surface area contributed by atoms with Crippen LogP contribution in [0.3, 0.4) is 0 Å². The molecule has 0 radical (unpaired) electrons. The zero-order chi connectivity index (χ0) is 19.8. The second-order valence-electron chi connectivity index (χ2n) is 6.27. The standard InChI is InChI=1S/C17H16BrF3N4O2/c1-9-4-5-25(9)16-23-13(17(19,20)21)8-14(24-16)22-11-3-2-10(6-15(26)27)12(18)7-11/h2-3,7-9H,4-6H2,1H3,(H,26,27)(H,22,23,24)/t9-/m0/s1. The summed E-state index contributed by atoms with van der Waals surface area (Å²) in [7, 11) is 0. The second-order valence-corrected chi connectivity index (χ2v) is 7.12. The van der Waals surface area contributed by atoms with Gasteiger partial charge < -0.3 is 15.3 Å². The third kappa shape index (κ3) is 4.49. The van der Waals surface area contributed by atoms with E-state index in [1.54, 1.807) is 23.1 Å². The number of aliphatic carboxylic acids is 1. The van der Waals surface area contributed by atoms with Gasteiger partial charge in [0.2, 0.25) is 5.95 Å². The van der Waals surface area contributed by atoms with E-state index in [1.165, 1.54) is 0 Å². The SMILES string of the molecule is C[C@H]1CCN1c1nc(Nc2ccc(CC(=O)O)c(Br)c2)cc(C(F)(F)F)n1. The van der Waals surface area contributed by atoms with Gasteiger partial charge in [-0.05, 0) is 31.0 Å². The number of nitrogens with one attached hydrogen (secondary N) is 1. The minimum Gasteiger partial charge on any atom is -0.481 e. The van der Waals surface area contributed by atoms with E-state index in [-0.39, 0.29) is 24.2 Å². The maximum Gasteiger partial charge on any atom is 0.433 e. The van der Waals surface area contributed by atoms with E-state index in [2.05, 4.69) is 31.2 Å². The van der Waals surface area contributed by atoms with Gasteiger partial charge in [0, 0.05) is 28.8 Å². The van der Waals surface area contributed by atoms with E-state index >= 15 is 0 Å². The molecular formula is C17H16BrF3N4O2. The average molecular weight is 445 g/mol. The largest absolute Gasteiger partial charge is 0.481 e. The van der Waals surface area contributed by atoms with E-state index in [0.29, 0.717) is 22.3 Å². The Morgan fingerprint density at radius 3 is 2.63 bits per heavy atom. The van der Waals surface area contributed by atoms with Crippen LogP contribution in [0.25, 0.3) is 0 Å². The highest BCUT2D eigenvalue weighted by Crippen LogP contribution is 2.33. The number of anilines is 3. The van der Waals surface area contributed by atoms with Crippen LogP contribution in [0, 0.1) is 0 Å². The molecular weight excluding hydrogens is 429 g/mol. The van der Waals surface area contributed by atoms with Crippen molar-refractivity contribution >= 4 is 39.4 Å². The van der Waals surface area contributed by atoms with Gasteiger partial charge in [0.05, 0.1) is 6.42 Å². The molecule has 0 spiro atoms. The minimum atomic E-state index is -4.59. The molecule has 0 unspecified atom stereocenters. The van der Waals surface area contributed by atoms with Gasteiger partial charge in [-0.2, -0.15) is 18.2 Å². The van der Waals surface area contributed by atoms with Crippen LogP contribution in [-0.2, 0) is 17.4 Å². The molecule has 1 atom stereocenters. The van der Waals surface area contributed by atoms with Crippen molar-refractivity contribution < 1.29 is 23.1 Å². The van der Waals surface area contributed by atoms with E-state index in [1.807, 2.05) is 6.92 Å². The first-order chi connectivity index (χ1) is 12.6. The van der Waals surface area contributed by atoms with Crippen LogP contribution in [0.5, 0.6) is 0 Å². The zero-order valence-corrected chi connectivity index (χ0v) is 15.8. The van der Waals surface area contributed by atoms with Gasteiger partial charge >= 0.3 is 12.1 Å².